The van der Waals surface area contributed by atoms with Crippen molar-refractivity contribution in [3.05, 3.63) is 24.4 Å². The molecule has 0 unspecified atom stereocenters. The zero-order valence-corrected chi connectivity index (χ0v) is 11.4. The van der Waals surface area contributed by atoms with E-state index in [-0.39, 0.29) is 5.91 Å². The molecule has 5 heteroatoms. The first kappa shape index (κ1) is 13.0. The molecule has 1 saturated carbocycles. The summed E-state index contributed by atoms with van der Waals surface area (Å²) in [4.78, 5) is 18.6. The van der Waals surface area contributed by atoms with Crippen LogP contribution in [0.25, 0.3) is 0 Å². The van der Waals surface area contributed by atoms with Crippen molar-refractivity contribution in [1.82, 2.24) is 4.98 Å². The molecule has 18 heavy (non-hydrogen) atoms. The third-order valence-corrected chi connectivity index (χ3v) is 3.96. The average Bonchev–Trinajstić information content (AvgIpc) is 2.33. The molecular formula is C13H17N3OS. The molecule has 0 radical (unpaired) electrons. The Hall–Kier alpha value is -1.49. The first-order valence-electron chi connectivity index (χ1n) is 5.96. The number of carbonyl (C=O) groups excluding carboxylic acids is 1. The fourth-order valence-corrected chi connectivity index (χ4v) is 2.84. The van der Waals surface area contributed by atoms with E-state index in [1.54, 1.807) is 24.2 Å². The molecule has 2 rings (SSSR count). The Morgan fingerprint density at radius 3 is 2.67 bits per heavy atom. The summed E-state index contributed by atoms with van der Waals surface area (Å²) >= 11 is 5.09. The Labute approximate surface area is 112 Å². The molecule has 1 aromatic rings. The summed E-state index contributed by atoms with van der Waals surface area (Å²) in [5.41, 5.74) is 5.11. The van der Waals surface area contributed by atoms with E-state index in [0.717, 1.165) is 12.8 Å². The van der Waals surface area contributed by atoms with Gasteiger partial charge in [0.05, 0.1) is 4.99 Å². The van der Waals surface area contributed by atoms with Crippen LogP contribution in [0.2, 0.25) is 0 Å². The van der Waals surface area contributed by atoms with E-state index in [0.29, 0.717) is 16.7 Å². The van der Waals surface area contributed by atoms with Gasteiger partial charge in [-0.2, -0.15) is 0 Å². The monoisotopic (exact) mass is 263 g/mol. The molecular weight excluding hydrogens is 246 g/mol. The van der Waals surface area contributed by atoms with Gasteiger partial charge in [-0.1, -0.05) is 25.2 Å². The van der Waals surface area contributed by atoms with Crippen molar-refractivity contribution in [2.75, 3.05) is 11.9 Å². The molecule has 0 saturated heterocycles. The van der Waals surface area contributed by atoms with Gasteiger partial charge >= 0.3 is 0 Å². The number of rotatable bonds is 3. The van der Waals surface area contributed by atoms with Crippen molar-refractivity contribution in [1.29, 1.82) is 0 Å². The first-order chi connectivity index (χ1) is 8.47. The van der Waals surface area contributed by atoms with Crippen LogP contribution in [-0.4, -0.2) is 22.9 Å². The maximum atomic E-state index is 12.6. The van der Waals surface area contributed by atoms with E-state index in [1.807, 2.05) is 12.1 Å². The highest BCUT2D eigenvalue weighted by Gasteiger charge is 2.52. The van der Waals surface area contributed by atoms with Crippen LogP contribution in [0, 0.1) is 11.3 Å². The Bertz CT molecular complexity index is 468. The number of hydrogen-bond donors (Lipinski definition) is 1. The summed E-state index contributed by atoms with van der Waals surface area (Å²) in [6.45, 7) is 2.10. The van der Waals surface area contributed by atoms with Crippen molar-refractivity contribution in [3.63, 3.8) is 0 Å². The summed E-state index contributed by atoms with van der Waals surface area (Å²) < 4.78 is 0. The standard InChI is InChI=1S/C13H17N3OS/c1-9-7-13(8-9,11(14)18)12(17)16(2)10-5-3-4-6-15-10/h3-6,9H,7-8H2,1-2H3,(H2,14,18). The third-order valence-electron chi connectivity index (χ3n) is 3.57. The van der Waals surface area contributed by atoms with Crippen molar-refractivity contribution in [2.24, 2.45) is 17.1 Å². The van der Waals surface area contributed by atoms with E-state index < -0.39 is 5.41 Å². The fraction of sp³-hybridized carbons (Fsp3) is 0.462. The quantitative estimate of drug-likeness (QED) is 0.844. The second kappa shape index (κ2) is 4.65. The van der Waals surface area contributed by atoms with Crippen molar-refractivity contribution in [2.45, 2.75) is 19.8 Å². The number of carbonyl (C=O) groups is 1. The molecule has 1 fully saturated rings. The Morgan fingerprint density at radius 1 is 1.56 bits per heavy atom. The number of hydrogen-bond acceptors (Lipinski definition) is 3. The lowest BCUT2D eigenvalue weighted by Crippen LogP contribution is -2.56. The van der Waals surface area contributed by atoms with Gasteiger partial charge in [0.15, 0.2) is 0 Å². The van der Waals surface area contributed by atoms with Gasteiger partial charge in [0.2, 0.25) is 5.91 Å². The molecule has 4 nitrogen and oxygen atoms in total. The van der Waals surface area contributed by atoms with E-state index in [1.165, 1.54) is 0 Å². The molecule has 0 atom stereocenters. The largest absolute Gasteiger partial charge is 0.392 e. The van der Waals surface area contributed by atoms with Gasteiger partial charge in [0.25, 0.3) is 0 Å². The highest BCUT2D eigenvalue weighted by atomic mass is 32.1. The van der Waals surface area contributed by atoms with Crippen LogP contribution in [0.3, 0.4) is 0 Å². The molecule has 0 aliphatic heterocycles. The summed E-state index contributed by atoms with van der Waals surface area (Å²) in [5.74, 6) is 1.07. The lowest BCUT2D eigenvalue weighted by atomic mass is 9.61. The molecule has 0 aromatic carbocycles. The molecule has 0 spiro atoms. The number of aromatic nitrogens is 1. The van der Waals surface area contributed by atoms with Gasteiger partial charge in [0.1, 0.15) is 11.2 Å². The SMILES string of the molecule is CC1CC(C(=O)N(C)c2ccccn2)(C(N)=S)C1. The van der Waals surface area contributed by atoms with E-state index in [9.17, 15) is 4.79 Å². The number of nitrogens with two attached hydrogens (primary N) is 1. The predicted octanol–water partition coefficient (Wildman–Crippen LogP) is 1.75. The van der Waals surface area contributed by atoms with Gasteiger partial charge in [-0.25, -0.2) is 4.98 Å². The van der Waals surface area contributed by atoms with Crippen LogP contribution in [-0.2, 0) is 4.79 Å². The maximum absolute atomic E-state index is 12.6. The zero-order valence-electron chi connectivity index (χ0n) is 10.6. The summed E-state index contributed by atoms with van der Waals surface area (Å²) in [6, 6.07) is 5.47. The minimum atomic E-state index is -0.666. The van der Waals surface area contributed by atoms with Crippen LogP contribution in [0.1, 0.15) is 19.8 Å². The Balaban J connectivity index is 2.23. The summed E-state index contributed by atoms with van der Waals surface area (Å²) in [5, 5.41) is 0. The Morgan fingerprint density at radius 2 is 2.22 bits per heavy atom. The van der Waals surface area contributed by atoms with E-state index in [4.69, 9.17) is 18.0 Å². The van der Waals surface area contributed by atoms with Gasteiger partial charge in [0, 0.05) is 13.2 Å². The van der Waals surface area contributed by atoms with Crippen molar-refractivity contribution in [3.8, 4) is 0 Å². The summed E-state index contributed by atoms with van der Waals surface area (Å²) in [6.07, 6.45) is 3.13. The van der Waals surface area contributed by atoms with E-state index >= 15 is 0 Å². The number of nitrogens with zero attached hydrogens (tertiary/aromatic N) is 2. The lowest BCUT2D eigenvalue weighted by molar-refractivity contribution is -0.129. The predicted molar refractivity (Wildman–Crippen MR) is 75.3 cm³/mol. The molecule has 0 bridgehead atoms. The number of thiocarbonyl (C=S) groups is 1. The molecule has 1 aromatic heterocycles. The minimum Gasteiger partial charge on any atom is -0.392 e. The second-order valence-corrected chi connectivity index (χ2v) is 5.45. The summed E-state index contributed by atoms with van der Waals surface area (Å²) in [7, 11) is 1.72. The topological polar surface area (TPSA) is 59.2 Å². The van der Waals surface area contributed by atoms with Gasteiger partial charge in [-0.05, 0) is 30.9 Å². The van der Waals surface area contributed by atoms with Crippen LogP contribution >= 0.6 is 12.2 Å². The van der Waals surface area contributed by atoms with Crippen LogP contribution < -0.4 is 10.6 Å². The van der Waals surface area contributed by atoms with Crippen molar-refractivity contribution >= 4 is 28.9 Å². The molecule has 2 N–H and O–H groups in total. The van der Waals surface area contributed by atoms with Gasteiger partial charge in [-0.3, -0.25) is 9.69 Å². The fourth-order valence-electron chi connectivity index (χ4n) is 2.59. The highest BCUT2D eigenvalue weighted by molar-refractivity contribution is 7.80. The van der Waals surface area contributed by atoms with Crippen LogP contribution in [0.5, 0.6) is 0 Å². The number of amides is 1. The first-order valence-corrected chi connectivity index (χ1v) is 6.37. The average molecular weight is 263 g/mol. The van der Waals surface area contributed by atoms with Crippen molar-refractivity contribution < 1.29 is 4.79 Å². The molecule has 1 amide bonds. The number of pyridine rings is 1. The second-order valence-electron chi connectivity index (χ2n) is 5.01. The maximum Gasteiger partial charge on any atom is 0.240 e. The molecule has 1 aliphatic rings. The molecule has 96 valence electrons. The molecule has 1 heterocycles. The van der Waals surface area contributed by atoms with Gasteiger partial charge < -0.3 is 5.73 Å². The highest BCUT2D eigenvalue weighted by Crippen LogP contribution is 2.47. The normalized spacial score (nSPS) is 26.2. The third kappa shape index (κ3) is 1.99. The minimum absolute atomic E-state index is 0.0493. The Kier molecular flexibility index (Phi) is 3.34. The number of anilines is 1. The zero-order chi connectivity index (χ0) is 13.3. The van der Waals surface area contributed by atoms with Crippen LogP contribution in [0.4, 0.5) is 5.82 Å². The lowest BCUT2D eigenvalue weighted by Gasteiger charge is -2.45. The van der Waals surface area contributed by atoms with Gasteiger partial charge in [-0.15, -0.1) is 0 Å². The smallest absolute Gasteiger partial charge is 0.240 e. The van der Waals surface area contributed by atoms with Crippen LogP contribution in [0.15, 0.2) is 24.4 Å². The van der Waals surface area contributed by atoms with E-state index in [2.05, 4.69) is 11.9 Å². The molecule has 1 aliphatic carbocycles.